The molecule has 0 radical (unpaired) electrons. The Kier molecular flexibility index (Phi) is 5.73. The van der Waals surface area contributed by atoms with E-state index in [1.165, 1.54) is 17.7 Å². The van der Waals surface area contributed by atoms with Gasteiger partial charge < -0.3 is 16.4 Å². The summed E-state index contributed by atoms with van der Waals surface area (Å²) in [6, 6.07) is 8.17. The number of amides is 2. The zero-order valence-corrected chi connectivity index (χ0v) is 18.2. The number of fused-ring (bicyclic) bond motifs is 1. The Morgan fingerprint density at radius 3 is 2.38 bits per heavy atom. The van der Waals surface area contributed by atoms with Gasteiger partial charge in [0.25, 0.3) is 0 Å². The molecule has 0 spiro atoms. The van der Waals surface area contributed by atoms with Crippen LogP contribution in [0.5, 0.6) is 0 Å². The molecular weight excluding hydrogens is 514 g/mol. The van der Waals surface area contributed by atoms with Gasteiger partial charge in [0, 0.05) is 16.9 Å². The number of nitrogen functional groups attached to an aromatic ring is 1. The van der Waals surface area contributed by atoms with Crippen LogP contribution in [0.3, 0.4) is 0 Å². The number of nitrogens with one attached hydrogen (secondary N) is 2. The summed E-state index contributed by atoms with van der Waals surface area (Å²) >= 11 is 4.92. The molecule has 2 heterocycles. The van der Waals surface area contributed by atoms with Gasteiger partial charge in [0.05, 0.1) is 14.7 Å². The lowest BCUT2D eigenvalue weighted by atomic mass is 10.1. The first-order valence-electron chi connectivity index (χ1n) is 8.87. The van der Waals surface area contributed by atoms with Gasteiger partial charge in [-0.25, -0.2) is 19.2 Å². The van der Waals surface area contributed by atoms with Crippen LogP contribution in [-0.4, -0.2) is 16.0 Å². The van der Waals surface area contributed by atoms with Crippen LogP contribution in [-0.2, 0) is 6.18 Å². The smallest absolute Gasteiger partial charge is 0.383 e. The molecule has 2 aromatic heterocycles. The molecule has 0 bridgehead atoms. The molecule has 0 unspecified atom stereocenters. The van der Waals surface area contributed by atoms with Crippen molar-refractivity contribution in [1.82, 2.24) is 9.97 Å². The number of aromatic nitrogens is 2. The van der Waals surface area contributed by atoms with Crippen LogP contribution >= 0.6 is 27.3 Å². The van der Waals surface area contributed by atoms with Crippen LogP contribution in [0, 0.1) is 5.82 Å². The fraction of sp³-hybridized carbons (Fsp3) is 0.0500. The minimum Gasteiger partial charge on any atom is -0.383 e. The second-order valence-corrected chi connectivity index (χ2v) is 8.86. The second kappa shape index (κ2) is 8.36. The minimum absolute atomic E-state index is 0.197. The van der Waals surface area contributed by atoms with E-state index in [1.807, 2.05) is 0 Å². The lowest BCUT2D eigenvalue weighted by Crippen LogP contribution is -2.20. The van der Waals surface area contributed by atoms with E-state index in [1.54, 1.807) is 24.3 Å². The van der Waals surface area contributed by atoms with Crippen LogP contribution in [0.2, 0.25) is 0 Å². The van der Waals surface area contributed by atoms with E-state index in [2.05, 4.69) is 36.5 Å². The maximum Gasteiger partial charge on any atom is 0.419 e. The van der Waals surface area contributed by atoms with E-state index in [9.17, 15) is 22.4 Å². The largest absolute Gasteiger partial charge is 0.419 e. The Labute approximate surface area is 190 Å². The summed E-state index contributed by atoms with van der Waals surface area (Å²) in [6.45, 7) is 0. The monoisotopic (exact) mass is 525 g/mol. The summed E-state index contributed by atoms with van der Waals surface area (Å²) in [5.41, 5.74) is 6.34. The molecule has 32 heavy (non-hydrogen) atoms. The highest BCUT2D eigenvalue weighted by atomic mass is 79.9. The maximum absolute atomic E-state index is 13.4. The Morgan fingerprint density at radius 1 is 1.03 bits per heavy atom. The summed E-state index contributed by atoms with van der Waals surface area (Å²) in [6.07, 6.45) is -3.49. The molecule has 4 aromatic rings. The van der Waals surface area contributed by atoms with Crippen molar-refractivity contribution < 1.29 is 22.4 Å². The molecule has 4 rings (SSSR count). The number of carbonyl (C=O) groups excluding carboxylic acids is 1. The molecule has 4 N–H and O–H groups in total. The van der Waals surface area contributed by atoms with Crippen molar-refractivity contribution >= 4 is 60.7 Å². The third-order valence-corrected chi connectivity index (χ3v) is 6.20. The quantitative estimate of drug-likeness (QED) is 0.266. The number of hydrogen-bond acceptors (Lipinski definition) is 5. The summed E-state index contributed by atoms with van der Waals surface area (Å²) < 4.78 is 52.7. The van der Waals surface area contributed by atoms with E-state index in [0.717, 1.165) is 25.8 Å². The van der Waals surface area contributed by atoms with Gasteiger partial charge in [-0.2, -0.15) is 13.2 Å². The van der Waals surface area contributed by atoms with Crippen molar-refractivity contribution in [3.05, 3.63) is 64.0 Å². The number of thiophene rings is 1. The molecule has 12 heteroatoms. The van der Waals surface area contributed by atoms with E-state index in [-0.39, 0.29) is 5.69 Å². The standard InChI is InChI=1S/C20H12BrF4N5OS/c21-16-14(15-17(26)27-8-28-18(15)32-16)9-1-3-10(4-2-9)29-19(31)30-11-5-6-13(22)12(7-11)20(23,24)25/h1-8H,(H2,26,27,28)(H2,29,30,31). The highest BCUT2D eigenvalue weighted by Crippen LogP contribution is 2.43. The van der Waals surface area contributed by atoms with Gasteiger partial charge in [0.2, 0.25) is 0 Å². The van der Waals surface area contributed by atoms with Gasteiger partial charge >= 0.3 is 12.2 Å². The van der Waals surface area contributed by atoms with Crippen molar-refractivity contribution in [3.63, 3.8) is 0 Å². The van der Waals surface area contributed by atoms with Crippen molar-refractivity contribution in [2.75, 3.05) is 16.4 Å². The van der Waals surface area contributed by atoms with Gasteiger partial charge in [0.1, 0.15) is 22.8 Å². The lowest BCUT2D eigenvalue weighted by Gasteiger charge is -2.12. The predicted molar refractivity (Wildman–Crippen MR) is 119 cm³/mol. The number of nitrogens with zero attached hydrogens (tertiary/aromatic N) is 2. The van der Waals surface area contributed by atoms with Crippen LogP contribution in [0.15, 0.2) is 52.6 Å². The zero-order valence-electron chi connectivity index (χ0n) is 15.8. The number of nitrogens with two attached hydrogens (primary N) is 1. The van der Waals surface area contributed by atoms with Gasteiger partial charge in [-0.3, -0.25) is 0 Å². The number of hydrogen-bond donors (Lipinski definition) is 3. The van der Waals surface area contributed by atoms with Crippen molar-refractivity contribution in [2.45, 2.75) is 6.18 Å². The average Bonchev–Trinajstić information content (AvgIpc) is 3.06. The van der Waals surface area contributed by atoms with Crippen LogP contribution < -0.4 is 16.4 Å². The first-order valence-corrected chi connectivity index (χ1v) is 10.5. The predicted octanol–water partition coefficient (Wildman–Crippen LogP) is 6.50. The summed E-state index contributed by atoms with van der Waals surface area (Å²) in [4.78, 5) is 21.1. The molecule has 2 aromatic carbocycles. The number of anilines is 3. The maximum atomic E-state index is 13.4. The molecule has 0 aliphatic heterocycles. The van der Waals surface area contributed by atoms with Gasteiger partial charge in [-0.1, -0.05) is 12.1 Å². The third kappa shape index (κ3) is 4.36. The fourth-order valence-corrected chi connectivity index (χ4v) is 4.81. The Balaban J connectivity index is 1.52. The van der Waals surface area contributed by atoms with Crippen molar-refractivity contribution in [2.24, 2.45) is 0 Å². The van der Waals surface area contributed by atoms with E-state index < -0.39 is 23.6 Å². The van der Waals surface area contributed by atoms with Crippen molar-refractivity contribution in [1.29, 1.82) is 0 Å². The molecule has 0 aliphatic carbocycles. The third-order valence-electron chi connectivity index (χ3n) is 4.44. The van der Waals surface area contributed by atoms with Crippen molar-refractivity contribution in [3.8, 4) is 11.1 Å². The zero-order chi connectivity index (χ0) is 23.0. The molecule has 0 saturated carbocycles. The topological polar surface area (TPSA) is 92.9 Å². The first kappa shape index (κ1) is 22.0. The van der Waals surface area contributed by atoms with E-state index in [0.29, 0.717) is 29.0 Å². The highest BCUT2D eigenvalue weighted by molar-refractivity contribution is 9.11. The van der Waals surface area contributed by atoms with Crippen LogP contribution in [0.4, 0.5) is 39.5 Å². The Hall–Kier alpha value is -3.25. The summed E-state index contributed by atoms with van der Waals surface area (Å²) in [5, 5.41) is 5.48. The van der Waals surface area contributed by atoms with Gasteiger partial charge in [0.15, 0.2) is 0 Å². The molecule has 0 atom stereocenters. The summed E-state index contributed by atoms with van der Waals surface area (Å²) in [7, 11) is 0. The molecule has 6 nitrogen and oxygen atoms in total. The molecule has 2 amide bonds. The normalized spacial score (nSPS) is 11.5. The first-order chi connectivity index (χ1) is 15.1. The molecule has 0 aliphatic rings. The molecule has 0 saturated heterocycles. The van der Waals surface area contributed by atoms with Gasteiger partial charge in [-0.15, -0.1) is 11.3 Å². The number of urea groups is 1. The highest BCUT2D eigenvalue weighted by Gasteiger charge is 2.34. The Morgan fingerprint density at radius 2 is 1.69 bits per heavy atom. The fourth-order valence-electron chi connectivity index (χ4n) is 3.02. The SMILES string of the molecule is Nc1ncnc2sc(Br)c(-c3ccc(NC(=O)Nc4ccc(F)c(C(F)(F)F)c4)cc3)c12. The van der Waals surface area contributed by atoms with E-state index >= 15 is 0 Å². The molecule has 0 fully saturated rings. The minimum atomic E-state index is -4.87. The van der Waals surface area contributed by atoms with Crippen LogP contribution in [0.1, 0.15) is 5.56 Å². The number of halogens is 5. The summed E-state index contributed by atoms with van der Waals surface area (Å²) in [5.74, 6) is -1.08. The van der Waals surface area contributed by atoms with Gasteiger partial charge in [-0.05, 0) is 51.8 Å². The Bertz CT molecular complexity index is 1320. The number of alkyl halides is 3. The number of benzene rings is 2. The number of carbonyl (C=O) groups is 1. The molecule has 164 valence electrons. The molecular formula is C20H12BrF4N5OS. The lowest BCUT2D eigenvalue weighted by molar-refractivity contribution is -0.139. The van der Waals surface area contributed by atoms with E-state index in [4.69, 9.17) is 5.73 Å². The number of rotatable bonds is 3. The van der Waals surface area contributed by atoms with Crippen LogP contribution in [0.25, 0.3) is 21.3 Å². The second-order valence-electron chi connectivity index (χ2n) is 6.54. The average molecular weight is 526 g/mol.